The molecule has 0 bridgehead atoms. The van der Waals surface area contributed by atoms with Gasteiger partial charge in [-0.3, -0.25) is 4.79 Å². The number of anilines is 2. The molecule has 1 aromatic heterocycles. The van der Waals surface area contributed by atoms with Gasteiger partial charge in [-0.25, -0.2) is 4.79 Å². The summed E-state index contributed by atoms with van der Waals surface area (Å²) in [6, 6.07) is 10.5. The summed E-state index contributed by atoms with van der Waals surface area (Å²) in [5.74, 6) is -0.270. The van der Waals surface area contributed by atoms with Crippen molar-refractivity contribution >= 4 is 23.4 Å². The van der Waals surface area contributed by atoms with Gasteiger partial charge in [0.15, 0.2) is 5.69 Å². The van der Waals surface area contributed by atoms with E-state index >= 15 is 0 Å². The highest BCUT2D eigenvalue weighted by Gasteiger charge is 2.16. The monoisotopic (exact) mass is 368 g/mol. The number of amides is 1. The zero-order valence-corrected chi connectivity index (χ0v) is 15.4. The molecule has 1 aliphatic carbocycles. The minimum atomic E-state index is -0.514. The van der Waals surface area contributed by atoms with Crippen molar-refractivity contribution in [3.8, 4) is 0 Å². The molecule has 1 saturated carbocycles. The molecule has 3 rings (SSSR count). The molecule has 0 radical (unpaired) electrons. The van der Waals surface area contributed by atoms with Gasteiger partial charge in [0.25, 0.3) is 5.91 Å². The second-order valence-corrected chi connectivity index (χ2v) is 6.63. The number of hydrogen-bond donors (Lipinski definition) is 2. The van der Waals surface area contributed by atoms with E-state index in [9.17, 15) is 9.59 Å². The number of carbonyl (C=O) groups excluding carboxylic acids is 2. The van der Waals surface area contributed by atoms with Gasteiger partial charge in [0.2, 0.25) is 0 Å². The first kappa shape index (κ1) is 18.8. The van der Waals surface area contributed by atoms with E-state index in [0.29, 0.717) is 17.5 Å². The summed E-state index contributed by atoms with van der Waals surface area (Å²) in [6.07, 6.45) is 7.30. The molecular weight excluding hydrogens is 344 g/mol. The van der Waals surface area contributed by atoms with Gasteiger partial charge in [0, 0.05) is 6.04 Å². The van der Waals surface area contributed by atoms with Crippen molar-refractivity contribution < 1.29 is 14.3 Å². The number of esters is 1. The highest BCUT2D eigenvalue weighted by atomic mass is 16.5. The van der Waals surface area contributed by atoms with Crippen molar-refractivity contribution in [1.29, 1.82) is 0 Å². The average molecular weight is 368 g/mol. The normalized spacial score (nSPS) is 14.9. The number of ether oxygens (including phenoxy) is 1. The van der Waals surface area contributed by atoms with Crippen molar-refractivity contribution in [1.82, 2.24) is 10.2 Å². The first-order chi connectivity index (χ1) is 13.2. The molecule has 1 amide bonds. The predicted molar refractivity (Wildman–Crippen MR) is 103 cm³/mol. The van der Waals surface area contributed by atoms with Crippen molar-refractivity contribution in [2.45, 2.75) is 44.6 Å². The number of para-hydroxylation sites is 1. The van der Waals surface area contributed by atoms with Gasteiger partial charge in [-0.2, -0.15) is 0 Å². The molecule has 0 aliphatic heterocycles. The Morgan fingerprint density at radius 1 is 1.00 bits per heavy atom. The first-order valence-electron chi connectivity index (χ1n) is 9.26. The quantitative estimate of drug-likeness (QED) is 0.618. The van der Waals surface area contributed by atoms with Crippen molar-refractivity contribution in [2.75, 3.05) is 17.7 Å². The second-order valence-electron chi connectivity index (χ2n) is 6.63. The van der Waals surface area contributed by atoms with Gasteiger partial charge in [-0.1, -0.05) is 37.8 Å². The Kier molecular flexibility index (Phi) is 6.35. The molecule has 1 aliphatic rings. The van der Waals surface area contributed by atoms with E-state index in [1.54, 1.807) is 36.4 Å². The Morgan fingerprint density at radius 3 is 2.41 bits per heavy atom. The molecule has 7 heteroatoms. The van der Waals surface area contributed by atoms with Crippen LogP contribution in [0.3, 0.4) is 0 Å². The number of hydrogen-bond acceptors (Lipinski definition) is 6. The Hall–Kier alpha value is -2.96. The van der Waals surface area contributed by atoms with Gasteiger partial charge in [0.1, 0.15) is 5.82 Å². The van der Waals surface area contributed by atoms with Crippen LogP contribution >= 0.6 is 0 Å². The van der Waals surface area contributed by atoms with Crippen molar-refractivity contribution in [3.05, 3.63) is 47.7 Å². The number of aromatic nitrogens is 2. The van der Waals surface area contributed by atoms with E-state index in [-0.39, 0.29) is 11.3 Å². The summed E-state index contributed by atoms with van der Waals surface area (Å²) >= 11 is 0. The molecule has 1 aromatic carbocycles. The lowest BCUT2D eigenvalue weighted by Crippen LogP contribution is -2.20. The Bertz CT molecular complexity index is 784. The molecule has 2 N–H and O–H groups in total. The van der Waals surface area contributed by atoms with Crippen LogP contribution in [0.15, 0.2) is 36.4 Å². The summed E-state index contributed by atoms with van der Waals surface area (Å²) in [5, 5.41) is 14.2. The van der Waals surface area contributed by atoms with E-state index in [4.69, 9.17) is 4.74 Å². The maximum atomic E-state index is 12.4. The van der Waals surface area contributed by atoms with E-state index in [2.05, 4.69) is 20.8 Å². The largest absolute Gasteiger partial charge is 0.465 e. The molecular formula is C20H24N4O3. The fraction of sp³-hybridized carbons (Fsp3) is 0.400. The Balaban J connectivity index is 1.65. The average Bonchev–Trinajstić information content (AvgIpc) is 2.97. The van der Waals surface area contributed by atoms with E-state index < -0.39 is 11.9 Å². The molecule has 1 fully saturated rings. The maximum Gasteiger partial charge on any atom is 0.339 e. The molecule has 142 valence electrons. The summed E-state index contributed by atoms with van der Waals surface area (Å²) in [7, 11) is 1.30. The lowest BCUT2D eigenvalue weighted by molar-refractivity contribution is 0.0602. The van der Waals surface area contributed by atoms with Crippen LogP contribution in [0.4, 0.5) is 11.5 Å². The fourth-order valence-electron chi connectivity index (χ4n) is 3.23. The number of rotatable bonds is 5. The van der Waals surface area contributed by atoms with Gasteiger partial charge < -0.3 is 15.4 Å². The third-order valence-electron chi connectivity index (χ3n) is 4.68. The van der Waals surface area contributed by atoms with Crippen LogP contribution in [0.1, 0.15) is 59.4 Å². The molecule has 27 heavy (non-hydrogen) atoms. The molecule has 1 heterocycles. The molecule has 0 spiro atoms. The van der Waals surface area contributed by atoms with E-state index in [1.807, 2.05) is 0 Å². The lowest BCUT2D eigenvalue weighted by Gasteiger charge is -2.16. The number of methoxy groups -OCH3 is 1. The minimum absolute atomic E-state index is 0.182. The summed E-state index contributed by atoms with van der Waals surface area (Å²) in [5.41, 5.74) is 0.839. The van der Waals surface area contributed by atoms with E-state index in [0.717, 1.165) is 12.8 Å². The fourth-order valence-corrected chi connectivity index (χ4v) is 3.23. The number of carbonyl (C=O) groups is 2. The SMILES string of the molecule is COC(=O)c1ccccc1NC(=O)c1ccc(NC2CCCCCC2)nn1. The summed E-state index contributed by atoms with van der Waals surface area (Å²) in [4.78, 5) is 24.2. The van der Waals surface area contributed by atoms with Crippen LogP contribution in [0.25, 0.3) is 0 Å². The standard InChI is InChI=1S/C20H24N4O3/c1-27-20(26)15-10-6-7-11-16(15)22-19(25)17-12-13-18(24-23-17)21-14-8-4-2-3-5-9-14/h6-7,10-14H,2-5,8-9H2,1H3,(H,21,24)(H,22,25). The summed E-state index contributed by atoms with van der Waals surface area (Å²) < 4.78 is 4.73. The van der Waals surface area contributed by atoms with Crippen LogP contribution in [0.5, 0.6) is 0 Å². The number of benzene rings is 1. The van der Waals surface area contributed by atoms with Crippen LogP contribution in [0, 0.1) is 0 Å². The molecule has 7 nitrogen and oxygen atoms in total. The molecule has 0 unspecified atom stereocenters. The van der Waals surface area contributed by atoms with Gasteiger partial charge in [-0.05, 0) is 37.1 Å². The van der Waals surface area contributed by atoms with E-state index in [1.165, 1.54) is 32.8 Å². The van der Waals surface area contributed by atoms with Gasteiger partial charge in [0.05, 0.1) is 18.4 Å². The third kappa shape index (κ3) is 5.03. The highest BCUT2D eigenvalue weighted by molar-refractivity contribution is 6.07. The van der Waals surface area contributed by atoms with Crippen molar-refractivity contribution in [3.63, 3.8) is 0 Å². The van der Waals surface area contributed by atoms with Crippen LogP contribution in [0.2, 0.25) is 0 Å². The number of nitrogens with zero attached hydrogens (tertiary/aromatic N) is 2. The topological polar surface area (TPSA) is 93.2 Å². The third-order valence-corrected chi connectivity index (χ3v) is 4.68. The van der Waals surface area contributed by atoms with Crippen LogP contribution in [-0.4, -0.2) is 35.2 Å². The van der Waals surface area contributed by atoms with Crippen LogP contribution < -0.4 is 10.6 Å². The summed E-state index contributed by atoms with van der Waals surface area (Å²) in [6.45, 7) is 0. The van der Waals surface area contributed by atoms with Crippen LogP contribution in [-0.2, 0) is 4.74 Å². The zero-order valence-electron chi connectivity index (χ0n) is 15.4. The Labute approximate surface area is 158 Å². The van der Waals surface area contributed by atoms with Gasteiger partial charge in [-0.15, -0.1) is 10.2 Å². The molecule has 0 saturated heterocycles. The van der Waals surface area contributed by atoms with Gasteiger partial charge >= 0.3 is 5.97 Å². The Morgan fingerprint density at radius 2 is 1.74 bits per heavy atom. The zero-order chi connectivity index (χ0) is 19.1. The predicted octanol–water partition coefficient (Wildman–Crippen LogP) is 3.65. The van der Waals surface area contributed by atoms with Crippen molar-refractivity contribution in [2.24, 2.45) is 0 Å². The number of nitrogens with one attached hydrogen (secondary N) is 2. The smallest absolute Gasteiger partial charge is 0.339 e. The lowest BCUT2D eigenvalue weighted by atomic mass is 10.1. The minimum Gasteiger partial charge on any atom is -0.465 e. The maximum absolute atomic E-state index is 12.4. The second kappa shape index (κ2) is 9.12. The molecule has 0 atom stereocenters. The highest BCUT2D eigenvalue weighted by Crippen LogP contribution is 2.20. The first-order valence-corrected chi connectivity index (χ1v) is 9.26. The molecule has 2 aromatic rings.